The molecule has 8 heteroatoms. The molecule has 4 rings (SSSR count). The first-order valence-corrected chi connectivity index (χ1v) is 10.0. The van der Waals surface area contributed by atoms with E-state index in [1.807, 2.05) is 6.07 Å². The Hall–Kier alpha value is -2.26. The summed E-state index contributed by atoms with van der Waals surface area (Å²) in [5.41, 5.74) is 0.178. The Labute approximate surface area is 169 Å². The average molecular weight is 401 g/mol. The number of amides is 1. The summed E-state index contributed by atoms with van der Waals surface area (Å²) in [4.78, 5) is 18.5. The van der Waals surface area contributed by atoms with Gasteiger partial charge in [-0.05, 0) is 37.1 Å². The first-order chi connectivity index (χ1) is 14.2. The molecular weight excluding hydrogens is 374 g/mol. The predicted octanol–water partition coefficient (Wildman–Crippen LogP) is 1.35. The van der Waals surface area contributed by atoms with Gasteiger partial charge in [-0.15, -0.1) is 0 Å². The van der Waals surface area contributed by atoms with Crippen LogP contribution < -0.4 is 5.32 Å². The normalized spacial score (nSPS) is 25.2. The van der Waals surface area contributed by atoms with E-state index in [4.69, 9.17) is 13.9 Å². The quantitative estimate of drug-likeness (QED) is 0.754. The third-order valence-electron chi connectivity index (χ3n) is 5.43. The van der Waals surface area contributed by atoms with Gasteiger partial charge in [-0.3, -0.25) is 14.7 Å². The number of aromatic nitrogens is 1. The standard InChI is InChI=1S/C21H27N3O5/c25-13-19-4-3-18(28-19)12-24-8-9-27-15-21(14-24)6-5-17(29-21)11-23-20(26)16-2-1-7-22-10-16/h1-4,7,10,17,25H,5-6,8-9,11-15H2,(H,23,26)/t17-,21-/m1/s1. The number of nitrogens with one attached hydrogen (secondary N) is 1. The van der Waals surface area contributed by atoms with Gasteiger partial charge < -0.3 is 24.3 Å². The van der Waals surface area contributed by atoms with E-state index in [9.17, 15) is 9.90 Å². The number of pyridine rings is 1. The predicted molar refractivity (Wildman–Crippen MR) is 104 cm³/mol. The van der Waals surface area contributed by atoms with Crippen molar-refractivity contribution in [3.8, 4) is 0 Å². The molecule has 2 saturated heterocycles. The second-order valence-corrected chi connectivity index (χ2v) is 7.70. The van der Waals surface area contributed by atoms with Crippen molar-refractivity contribution >= 4 is 5.91 Å². The fraction of sp³-hybridized carbons (Fsp3) is 0.524. The minimum absolute atomic E-state index is 0.0382. The molecule has 2 aromatic heterocycles. The Morgan fingerprint density at radius 1 is 1.34 bits per heavy atom. The molecule has 2 fully saturated rings. The molecule has 1 spiro atoms. The lowest BCUT2D eigenvalue weighted by Crippen LogP contribution is -2.45. The number of furan rings is 1. The highest BCUT2D eigenvalue weighted by Crippen LogP contribution is 2.33. The molecule has 2 aliphatic rings. The van der Waals surface area contributed by atoms with Crippen molar-refractivity contribution in [2.75, 3.05) is 32.8 Å². The fourth-order valence-corrected chi connectivity index (χ4v) is 4.00. The van der Waals surface area contributed by atoms with E-state index in [0.29, 0.717) is 37.6 Å². The third-order valence-corrected chi connectivity index (χ3v) is 5.43. The van der Waals surface area contributed by atoms with Gasteiger partial charge in [-0.25, -0.2) is 0 Å². The van der Waals surface area contributed by atoms with Crippen LogP contribution in [0.5, 0.6) is 0 Å². The van der Waals surface area contributed by atoms with E-state index in [-0.39, 0.29) is 24.2 Å². The van der Waals surface area contributed by atoms with E-state index in [1.165, 1.54) is 0 Å². The lowest BCUT2D eigenvalue weighted by atomic mass is 10.00. The molecule has 1 amide bonds. The number of nitrogens with zero attached hydrogens (tertiary/aromatic N) is 2. The topological polar surface area (TPSA) is 97.1 Å². The van der Waals surface area contributed by atoms with Crippen molar-refractivity contribution < 1.29 is 23.8 Å². The van der Waals surface area contributed by atoms with Gasteiger partial charge in [0.2, 0.25) is 0 Å². The summed E-state index contributed by atoms with van der Waals surface area (Å²) >= 11 is 0. The van der Waals surface area contributed by atoms with Crippen LogP contribution in [-0.4, -0.2) is 65.5 Å². The molecule has 2 aromatic rings. The number of carbonyl (C=O) groups excluding carboxylic acids is 1. The average Bonchev–Trinajstić information content (AvgIpc) is 3.31. The monoisotopic (exact) mass is 401 g/mol. The molecule has 2 N–H and O–H groups in total. The molecule has 29 heavy (non-hydrogen) atoms. The van der Waals surface area contributed by atoms with Gasteiger partial charge >= 0.3 is 0 Å². The number of hydrogen-bond acceptors (Lipinski definition) is 7. The number of hydrogen-bond donors (Lipinski definition) is 2. The van der Waals surface area contributed by atoms with Crippen molar-refractivity contribution in [2.24, 2.45) is 0 Å². The Morgan fingerprint density at radius 3 is 3.03 bits per heavy atom. The lowest BCUT2D eigenvalue weighted by molar-refractivity contribution is -0.0851. The van der Waals surface area contributed by atoms with Crippen LogP contribution in [-0.2, 0) is 22.6 Å². The second kappa shape index (κ2) is 9.04. The zero-order valence-corrected chi connectivity index (χ0v) is 16.4. The minimum Gasteiger partial charge on any atom is -0.462 e. The first kappa shape index (κ1) is 20.0. The molecule has 8 nitrogen and oxygen atoms in total. The van der Waals surface area contributed by atoms with Gasteiger partial charge in [0.15, 0.2) is 0 Å². The summed E-state index contributed by atoms with van der Waals surface area (Å²) in [6, 6.07) is 7.19. The summed E-state index contributed by atoms with van der Waals surface area (Å²) in [6.07, 6.45) is 4.92. The van der Waals surface area contributed by atoms with E-state index < -0.39 is 0 Å². The van der Waals surface area contributed by atoms with E-state index in [1.54, 1.807) is 30.6 Å². The van der Waals surface area contributed by atoms with Crippen LogP contribution in [0.2, 0.25) is 0 Å². The third kappa shape index (κ3) is 5.02. The first-order valence-electron chi connectivity index (χ1n) is 10.0. The van der Waals surface area contributed by atoms with Crippen molar-refractivity contribution in [1.82, 2.24) is 15.2 Å². The molecule has 4 heterocycles. The van der Waals surface area contributed by atoms with Gasteiger partial charge in [0.05, 0.1) is 31.4 Å². The lowest BCUT2D eigenvalue weighted by Gasteiger charge is -2.31. The molecule has 2 aliphatic heterocycles. The van der Waals surface area contributed by atoms with Crippen LogP contribution in [0.25, 0.3) is 0 Å². The van der Waals surface area contributed by atoms with Gasteiger partial charge in [0.25, 0.3) is 5.91 Å². The van der Waals surface area contributed by atoms with Crippen molar-refractivity contribution in [3.63, 3.8) is 0 Å². The van der Waals surface area contributed by atoms with Crippen LogP contribution in [0, 0.1) is 0 Å². The number of aliphatic hydroxyl groups is 1. The zero-order chi connectivity index (χ0) is 20.1. The molecule has 2 atom stereocenters. The summed E-state index contributed by atoms with van der Waals surface area (Å²) in [7, 11) is 0. The maximum absolute atomic E-state index is 12.2. The Kier molecular flexibility index (Phi) is 6.25. The Morgan fingerprint density at radius 2 is 2.24 bits per heavy atom. The van der Waals surface area contributed by atoms with Gasteiger partial charge in [-0.1, -0.05) is 0 Å². The van der Waals surface area contributed by atoms with E-state index in [0.717, 1.165) is 31.7 Å². The van der Waals surface area contributed by atoms with Crippen LogP contribution in [0.1, 0.15) is 34.7 Å². The molecule has 0 aromatic carbocycles. The van der Waals surface area contributed by atoms with Gasteiger partial charge in [-0.2, -0.15) is 0 Å². The molecule has 156 valence electrons. The molecule has 0 aliphatic carbocycles. The minimum atomic E-state index is -0.368. The number of ether oxygens (including phenoxy) is 2. The van der Waals surface area contributed by atoms with Gasteiger partial charge in [0.1, 0.15) is 23.7 Å². The Balaban J connectivity index is 1.32. The SMILES string of the molecule is O=C(NC[C@H]1CC[C@@]2(COCCN(Cc3ccc(CO)o3)C2)O1)c1cccnc1. The van der Waals surface area contributed by atoms with E-state index >= 15 is 0 Å². The highest BCUT2D eigenvalue weighted by Gasteiger charge is 2.43. The van der Waals surface area contributed by atoms with Crippen molar-refractivity contribution in [2.45, 2.75) is 37.7 Å². The number of aliphatic hydroxyl groups excluding tert-OH is 1. The maximum Gasteiger partial charge on any atom is 0.252 e. The molecular formula is C21H27N3O5. The smallest absolute Gasteiger partial charge is 0.252 e. The van der Waals surface area contributed by atoms with E-state index in [2.05, 4.69) is 15.2 Å². The zero-order valence-electron chi connectivity index (χ0n) is 16.4. The van der Waals surface area contributed by atoms with Crippen molar-refractivity contribution in [1.29, 1.82) is 0 Å². The van der Waals surface area contributed by atoms with Gasteiger partial charge in [0, 0.05) is 32.0 Å². The van der Waals surface area contributed by atoms with Crippen molar-refractivity contribution in [3.05, 3.63) is 53.7 Å². The Bertz CT molecular complexity index is 812. The maximum atomic E-state index is 12.2. The summed E-state index contributed by atoms with van der Waals surface area (Å²) < 4.78 is 17.8. The van der Waals surface area contributed by atoms with Crippen LogP contribution in [0.4, 0.5) is 0 Å². The summed E-state index contributed by atoms with van der Waals surface area (Å²) in [5.74, 6) is 1.26. The number of carbonyl (C=O) groups is 1. The highest BCUT2D eigenvalue weighted by atomic mass is 16.6. The summed E-state index contributed by atoms with van der Waals surface area (Å²) in [5, 5.41) is 12.1. The largest absolute Gasteiger partial charge is 0.462 e. The second-order valence-electron chi connectivity index (χ2n) is 7.70. The van der Waals surface area contributed by atoms with Crippen LogP contribution in [0.3, 0.4) is 0 Å². The van der Waals surface area contributed by atoms with Crippen LogP contribution in [0.15, 0.2) is 41.1 Å². The molecule has 0 bridgehead atoms. The molecule has 0 radical (unpaired) electrons. The summed E-state index contributed by atoms with van der Waals surface area (Å²) in [6.45, 7) is 3.75. The highest BCUT2D eigenvalue weighted by molar-refractivity contribution is 5.93. The molecule has 0 saturated carbocycles. The van der Waals surface area contributed by atoms with Crippen LogP contribution >= 0.6 is 0 Å². The fourth-order valence-electron chi connectivity index (χ4n) is 4.00. The number of rotatable bonds is 6. The molecule has 0 unspecified atom stereocenters.